The van der Waals surface area contributed by atoms with Crippen LogP contribution in [0.1, 0.15) is 60.8 Å². The molecule has 4 heteroatoms. The van der Waals surface area contributed by atoms with Gasteiger partial charge in [-0.3, -0.25) is 0 Å². The number of benzene rings is 4. The predicted molar refractivity (Wildman–Crippen MR) is 149 cm³/mol. The number of ether oxygens (including phenoxy) is 3. The third kappa shape index (κ3) is 8.25. The quantitative estimate of drug-likeness (QED) is 0.207. The topological polar surface area (TPSA) is 44.8 Å². The molecular formula is C33H36O4. The fourth-order valence-corrected chi connectivity index (χ4v) is 3.75. The Hall–Kier alpha value is -4.05. The molecule has 0 unspecified atom stereocenters. The van der Waals surface area contributed by atoms with E-state index < -0.39 is 5.97 Å². The van der Waals surface area contributed by atoms with Gasteiger partial charge in [0.1, 0.15) is 19.3 Å². The lowest BCUT2D eigenvalue weighted by molar-refractivity contribution is 0.0176. The van der Waals surface area contributed by atoms with Gasteiger partial charge in [-0.1, -0.05) is 119 Å². The fraction of sp³-hybridized carbons (Fsp3) is 0.242. The molecule has 0 aliphatic carbocycles. The first-order chi connectivity index (χ1) is 18.1. The highest BCUT2D eigenvalue weighted by molar-refractivity contribution is 5.90. The van der Waals surface area contributed by atoms with Crippen LogP contribution in [0.3, 0.4) is 0 Å². The van der Waals surface area contributed by atoms with Gasteiger partial charge in [0.15, 0.2) is 11.5 Å². The minimum Gasteiger partial charge on any atom is -0.485 e. The van der Waals surface area contributed by atoms with Gasteiger partial charge in [0.2, 0.25) is 0 Å². The molecule has 4 rings (SSSR count). The Bertz CT molecular complexity index is 1210. The first kappa shape index (κ1) is 27.5. The molecule has 0 aromatic heterocycles. The lowest BCUT2D eigenvalue weighted by atomic mass is 9.99. The van der Waals surface area contributed by atoms with Gasteiger partial charge in [0, 0.05) is 0 Å². The molecule has 192 valence electrons. The summed E-state index contributed by atoms with van der Waals surface area (Å²) in [6, 6.07) is 34.8. The molecule has 0 bridgehead atoms. The molecule has 0 radical (unpaired) electrons. The Kier molecular flexibility index (Phi) is 10.8. The lowest BCUT2D eigenvalue weighted by Crippen LogP contribution is -2.16. The van der Waals surface area contributed by atoms with E-state index in [2.05, 4.69) is 0 Å². The summed E-state index contributed by atoms with van der Waals surface area (Å²) in [5, 5.41) is 0. The smallest absolute Gasteiger partial charge is 0.338 e. The van der Waals surface area contributed by atoms with Crippen molar-refractivity contribution in [2.75, 3.05) is 0 Å². The van der Waals surface area contributed by atoms with E-state index in [4.69, 9.17) is 14.2 Å². The Balaban J connectivity index is 0.00000186. The van der Waals surface area contributed by atoms with Crippen molar-refractivity contribution in [1.82, 2.24) is 0 Å². The zero-order valence-electron chi connectivity index (χ0n) is 22.1. The molecule has 0 fully saturated rings. The van der Waals surface area contributed by atoms with Gasteiger partial charge in [0.25, 0.3) is 0 Å². The number of carbonyl (C=O) groups is 1. The van der Waals surface area contributed by atoms with Crippen LogP contribution in [0.15, 0.2) is 109 Å². The highest BCUT2D eigenvalue weighted by Gasteiger charge is 2.22. The zero-order valence-corrected chi connectivity index (χ0v) is 22.1. The Labute approximate surface area is 220 Å². The van der Waals surface area contributed by atoms with Crippen LogP contribution < -0.4 is 9.47 Å². The SMILES string of the molecule is CC.CC(C)[C@H](OC(=O)c1ccc(OCc2ccccc2)c(OCc2ccccc2)c1)c1ccccc1. The molecule has 4 aromatic carbocycles. The van der Waals surface area contributed by atoms with Crippen molar-refractivity contribution in [3.05, 3.63) is 131 Å². The lowest BCUT2D eigenvalue weighted by Gasteiger charge is -2.22. The third-order valence-corrected chi connectivity index (χ3v) is 5.62. The second kappa shape index (κ2) is 14.5. The summed E-state index contributed by atoms with van der Waals surface area (Å²) < 4.78 is 18.1. The molecule has 0 heterocycles. The molecule has 1 atom stereocenters. The standard InChI is InChI=1S/C31H30O4.C2H6/c1-23(2)30(26-16-10-5-11-17-26)35-31(32)27-18-19-28(33-21-24-12-6-3-7-13-24)29(20-27)34-22-25-14-8-4-9-15-25;1-2/h3-20,23,30H,21-22H2,1-2H3;1-2H3/t30-;/m0./s1. The summed E-state index contributed by atoms with van der Waals surface area (Å²) in [4.78, 5) is 13.1. The highest BCUT2D eigenvalue weighted by Crippen LogP contribution is 2.32. The van der Waals surface area contributed by atoms with Crippen molar-refractivity contribution in [1.29, 1.82) is 0 Å². The molecule has 0 saturated carbocycles. The summed E-state index contributed by atoms with van der Waals surface area (Å²) in [5.41, 5.74) is 3.46. The van der Waals surface area contributed by atoms with Crippen LogP contribution in [0.2, 0.25) is 0 Å². The van der Waals surface area contributed by atoms with Crippen molar-refractivity contribution in [2.45, 2.75) is 47.0 Å². The van der Waals surface area contributed by atoms with Gasteiger partial charge in [-0.05, 0) is 40.8 Å². The number of rotatable bonds is 10. The van der Waals surface area contributed by atoms with E-state index in [1.807, 2.05) is 119 Å². The number of hydrogen-bond acceptors (Lipinski definition) is 4. The average Bonchev–Trinajstić information content (AvgIpc) is 2.96. The van der Waals surface area contributed by atoms with E-state index in [9.17, 15) is 4.79 Å². The minimum atomic E-state index is -0.397. The molecule has 4 nitrogen and oxygen atoms in total. The molecule has 0 aliphatic rings. The van der Waals surface area contributed by atoms with E-state index >= 15 is 0 Å². The summed E-state index contributed by atoms with van der Waals surface area (Å²) in [6.45, 7) is 8.84. The van der Waals surface area contributed by atoms with Crippen molar-refractivity contribution < 1.29 is 19.0 Å². The van der Waals surface area contributed by atoms with Crippen molar-refractivity contribution in [2.24, 2.45) is 5.92 Å². The Morgan fingerprint density at radius 3 is 1.65 bits per heavy atom. The molecule has 0 spiro atoms. The minimum absolute atomic E-state index is 0.128. The van der Waals surface area contributed by atoms with Gasteiger partial charge in [-0.2, -0.15) is 0 Å². The molecule has 0 N–H and O–H groups in total. The van der Waals surface area contributed by atoms with Crippen LogP contribution in [0.25, 0.3) is 0 Å². The fourth-order valence-electron chi connectivity index (χ4n) is 3.75. The van der Waals surface area contributed by atoms with Gasteiger partial charge in [0.05, 0.1) is 5.56 Å². The van der Waals surface area contributed by atoms with Gasteiger partial charge < -0.3 is 14.2 Å². The van der Waals surface area contributed by atoms with Gasteiger partial charge in [-0.25, -0.2) is 4.79 Å². The number of hydrogen-bond donors (Lipinski definition) is 0. The van der Waals surface area contributed by atoms with Crippen LogP contribution in [0.4, 0.5) is 0 Å². The van der Waals surface area contributed by atoms with E-state index in [0.717, 1.165) is 16.7 Å². The maximum atomic E-state index is 13.1. The van der Waals surface area contributed by atoms with Gasteiger partial charge >= 0.3 is 5.97 Å². The Morgan fingerprint density at radius 1 is 0.649 bits per heavy atom. The maximum absolute atomic E-state index is 13.1. The van der Waals surface area contributed by atoms with Crippen molar-refractivity contribution in [3.8, 4) is 11.5 Å². The third-order valence-electron chi connectivity index (χ3n) is 5.62. The second-order valence-electron chi connectivity index (χ2n) is 8.69. The highest BCUT2D eigenvalue weighted by atomic mass is 16.5. The first-order valence-electron chi connectivity index (χ1n) is 12.8. The molecule has 0 amide bonds. The molecular weight excluding hydrogens is 460 g/mol. The monoisotopic (exact) mass is 496 g/mol. The van der Waals surface area contributed by atoms with Crippen LogP contribution in [-0.4, -0.2) is 5.97 Å². The first-order valence-corrected chi connectivity index (χ1v) is 12.8. The normalized spacial score (nSPS) is 11.2. The zero-order chi connectivity index (χ0) is 26.5. The number of carbonyl (C=O) groups excluding carboxylic acids is 1. The van der Waals surface area contributed by atoms with Crippen LogP contribution in [0, 0.1) is 5.92 Å². The van der Waals surface area contributed by atoms with Crippen LogP contribution in [-0.2, 0) is 18.0 Å². The Morgan fingerprint density at radius 2 is 1.14 bits per heavy atom. The average molecular weight is 497 g/mol. The van der Waals surface area contributed by atoms with E-state index in [1.165, 1.54) is 0 Å². The summed E-state index contributed by atoms with van der Waals surface area (Å²) in [7, 11) is 0. The van der Waals surface area contributed by atoms with E-state index in [1.54, 1.807) is 18.2 Å². The largest absolute Gasteiger partial charge is 0.485 e. The second-order valence-corrected chi connectivity index (χ2v) is 8.69. The van der Waals surface area contributed by atoms with Crippen molar-refractivity contribution in [3.63, 3.8) is 0 Å². The summed E-state index contributed by atoms with van der Waals surface area (Å²) in [6.07, 6.45) is -0.341. The summed E-state index contributed by atoms with van der Waals surface area (Å²) >= 11 is 0. The van der Waals surface area contributed by atoms with E-state index in [-0.39, 0.29) is 12.0 Å². The van der Waals surface area contributed by atoms with Crippen LogP contribution in [0.5, 0.6) is 11.5 Å². The van der Waals surface area contributed by atoms with Crippen molar-refractivity contribution >= 4 is 5.97 Å². The molecule has 37 heavy (non-hydrogen) atoms. The van der Waals surface area contributed by atoms with E-state index in [0.29, 0.717) is 30.3 Å². The molecule has 0 aliphatic heterocycles. The number of esters is 1. The molecule has 0 saturated heterocycles. The maximum Gasteiger partial charge on any atom is 0.338 e. The van der Waals surface area contributed by atoms with Gasteiger partial charge in [-0.15, -0.1) is 0 Å². The predicted octanol–water partition coefficient (Wildman–Crippen LogP) is 8.42. The van der Waals surface area contributed by atoms with Crippen LogP contribution >= 0.6 is 0 Å². The summed E-state index contributed by atoms with van der Waals surface area (Å²) in [5.74, 6) is 0.806. The molecule has 4 aromatic rings.